The Balaban J connectivity index is 2.09. The topological polar surface area (TPSA) is 113 Å². The highest BCUT2D eigenvalue weighted by Crippen LogP contribution is 2.45. The van der Waals surface area contributed by atoms with Crippen LogP contribution in [0.4, 0.5) is 0 Å². The molecule has 1 aliphatic carbocycles. The SMILES string of the molecule is Cc1ccc(S(=O)(=O)NC(CC(C)C)C(=O)NCC2(C(=O)O)CC2)cc1. The van der Waals surface area contributed by atoms with Crippen molar-refractivity contribution in [3.8, 4) is 0 Å². The van der Waals surface area contributed by atoms with Gasteiger partial charge in [0.15, 0.2) is 0 Å². The number of carbonyl (C=O) groups excluding carboxylic acids is 1. The molecule has 144 valence electrons. The van der Waals surface area contributed by atoms with Crippen LogP contribution >= 0.6 is 0 Å². The molecular formula is C18H26N2O5S. The van der Waals surface area contributed by atoms with Crippen LogP contribution in [-0.4, -0.2) is 38.0 Å². The number of carboxylic acid groups (broad SMARTS) is 1. The van der Waals surface area contributed by atoms with Gasteiger partial charge in [-0.25, -0.2) is 8.42 Å². The number of carboxylic acids is 1. The van der Waals surface area contributed by atoms with Crippen molar-refractivity contribution in [3.05, 3.63) is 29.8 Å². The Morgan fingerprint density at radius 2 is 1.77 bits per heavy atom. The number of hydrogen-bond acceptors (Lipinski definition) is 4. The van der Waals surface area contributed by atoms with E-state index in [-0.39, 0.29) is 17.4 Å². The lowest BCUT2D eigenvalue weighted by Gasteiger charge is -2.21. The van der Waals surface area contributed by atoms with Crippen LogP contribution in [0.5, 0.6) is 0 Å². The predicted molar refractivity (Wildman–Crippen MR) is 97.1 cm³/mol. The van der Waals surface area contributed by atoms with Gasteiger partial charge in [0.25, 0.3) is 0 Å². The van der Waals surface area contributed by atoms with Gasteiger partial charge in [-0.1, -0.05) is 31.5 Å². The molecule has 1 aliphatic rings. The molecule has 1 fully saturated rings. The monoisotopic (exact) mass is 382 g/mol. The molecule has 1 aromatic rings. The number of carbonyl (C=O) groups is 2. The molecule has 0 heterocycles. The van der Waals surface area contributed by atoms with Crippen molar-refractivity contribution in [1.82, 2.24) is 10.0 Å². The van der Waals surface area contributed by atoms with Gasteiger partial charge in [0.2, 0.25) is 15.9 Å². The van der Waals surface area contributed by atoms with Gasteiger partial charge < -0.3 is 10.4 Å². The molecule has 3 N–H and O–H groups in total. The maximum Gasteiger partial charge on any atom is 0.311 e. The summed E-state index contributed by atoms with van der Waals surface area (Å²) >= 11 is 0. The second-order valence-electron chi connectivity index (χ2n) is 7.42. The molecule has 0 spiro atoms. The molecule has 1 saturated carbocycles. The van der Waals surface area contributed by atoms with Gasteiger partial charge in [0.05, 0.1) is 10.3 Å². The first kappa shape index (κ1) is 20.4. The number of hydrogen-bond donors (Lipinski definition) is 3. The molecule has 7 nitrogen and oxygen atoms in total. The third-order valence-electron chi connectivity index (χ3n) is 4.56. The van der Waals surface area contributed by atoms with Gasteiger partial charge in [-0.05, 0) is 44.2 Å². The standard InChI is InChI=1S/C18H26N2O5S/c1-12(2)10-15(16(21)19-11-18(8-9-18)17(22)23)20-26(24,25)14-6-4-13(3)5-7-14/h4-7,12,15,20H,8-11H2,1-3H3,(H,19,21)(H,22,23). The van der Waals surface area contributed by atoms with E-state index in [9.17, 15) is 23.1 Å². The van der Waals surface area contributed by atoms with Crippen molar-refractivity contribution < 1.29 is 23.1 Å². The quantitative estimate of drug-likeness (QED) is 0.601. The normalized spacial score (nSPS) is 16.9. The molecule has 0 aromatic heterocycles. The zero-order chi connectivity index (χ0) is 19.5. The fourth-order valence-corrected chi connectivity index (χ4v) is 3.86. The van der Waals surface area contributed by atoms with E-state index in [4.69, 9.17) is 0 Å². The summed E-state index contributed by atoms with van der Waals surface area (Å²) in [4.78, 5) is 23.8. The molecule has 0 saturated heterocycles. The molecule has 1 unspecified atom stereocenters. The van der Waals surface area contributed by atoms with Crippen LogP contribution in [0.1, 0.15) is 38.7 Å². The first-order valence-corrected chi connectivity index (χ1v) is 10.1. The highest BCUT2D eigenvalue weighted by Gasteiger charge is 2.50. The van der Waals surface area contributed by atoms with E-state index in [0.717, 1.165) is 5.56 Å². The Kier molecular flexibility index (Phi) is 6.08. The van der Waals surface area contributed by atoms with E-state index in [1.54, 1.807) is 12.1 Å². The number of amides is 1. The molecule has 26 heavy (non-hydrogen) atoms. The minimum atomic E-state index is -3.85. The van der Waals surface area contributed by atoms with Crippen molar-refractivity contribution in [1.29, 1.82) is 0 Å². The van der Waals surface area contributed by atoms with Gasteiger partial charge in [-0.3, -0.25) is 9.59 Å². The van der Waals surface area contributed by atoms with Gasteiger partial charge in [0, 0.05) is 6.54 Å². The lowest BCUT2D eigenvalue weighted by Crippen LogP contribution is -2.49. The first-order chi connectivity index (χ1) is 12.1. The average molecular weight is 382 g/mol. The average Bonchev–Trinajstić information content (AvgIpc) is 3.33. The lowest BCUT2D eigenvalue weighted by atomic mass is 10.0. The molecule has 0 bridgehead atoms. The summed E-state index contributed by atoms with van der Waals surface area (Å²) < 4.78 is 27.6. The Morgan fingerprint density at radius 3 is 2.23 bits per heavy atom. The highest BCUT2D eigenvalue weighted by molar-refractivity contribution is 7.89. The number of sulfonamides is 1. The van der Waals surface area contributed by atoms with Gasteiger partial charge in [-0.15, -0.1) is 0 Å². The Labute approximate surface area is 154 Å². The predicted octanol–water partition coefficient (Wildman–Crippen LogP) is 1.67. The number of aryl methyl sites for hydroxylation is 1. The van der Waals surface area contributed by atoms with Gasteiger partial charge in [0.1, 0.15) is 6.04 Å². The Hall–Kier alpha value is -1.93. The van der Waals surface area contributed by atoms with Crippen LogP contribution in [0.25, 0.3) is 0 Å². The third-order valence-corrected chi connectivity index (χ3v) is 6.05. The van der Waals surface area contributed by atoms with E-state index in [1.165, 1.54) is 12.1 Å². The van der Waals surface area contributed by atoms with E-state index >= 15 is 0 Å². The summed E-state index contributed by atoms with van der Waals surface area (Å²) in [7, 11) is -3.85. The third kappa shape index (κ3) is 5.04. The summed E-state index contributed by atoms with van der Waals surface area (Å²) in [6.45, 7) is 5.65. The molecule has 1 aromatic carbocycles. The summed E-state index contributed by atoms with van der Waals surface area (Å²) in [6, 6.07) is 5.41. The van der Waals surface area contributed by atoms with Gasteiger partial charge in [-0.2, -0.15) is 4.72 Å². The molecule has 2 rings (SSSR count). The zero-order valence-corrected chi connectivity index (χ0v) is 16.1. The van der Waals surface area contributed by atoms with Gasteiger partial charge >= 0.3 is 5.97 Å². The smallest absolute Gasteiger partial charge is 0.311 e. The fourth-order valence-electron chi connectivity index (χ4n) is 2.65. The molecular weight excluding hydrogens is 356 g/mol. The van der Waals surface area contributed by atoms with Crippen LogP contribution in [0.3, 0.4) is 0 Å². The summed E-state index contributed by atoms with van der Waals surface area (Å²) in [6.07, 6.45) is 1.36. The molecule has 1 atom stereocenters. The molecule has 1 amide bonds. The second-order valence-corrected chi connectivity index (χ2v) is 9.13. The number of rotatable bonds is 9. The second kappa shape index (κ2) is 7.75. The Morgan fingerprint density at radius 1 is 1.19 bits per heavy atom. The summed E-state index contributed by atoms with van der Waals surface area (Å²) in [5.74, 6) is -1.35. The van der Waals surface area contributed by atoms with Crippen molar-refractivity contribution in [2.24, 2.45) is 11.3 Å². The lowest BCUT2D eigenvalue weighted by molar-refractivity contribution is -0.143. The summed E-state index contributed by atoms with van der Waals surface area (Å²) in [5.41, 5.74) is 0.0391. The van der Waals surface area contributed by atoms with E-state index in [1.807, 2.05) is 20.8 Å². The van der Waals surface area contributed by atoms with Crippen LogP contribution in [-0.2, 0) is 19.6 Å². The maximum absolute atomic E-state index is 12.6. The van der Waals surface area contributed by atoms with E-state index in [0.29, 0.717) is 19.3 Å². The minimum absolute atomic E-state index is 0.0159. The highest BCUT2D eigenvalue weighted by atomic mass is 32.2. The molecule has 8 heteroatoms. The number of aliphatic carboxylic acids is 1. The van der Waals surface area contributed by atoms with Crippen molar-refractivity contribution in [3.63, 3.8) is 0 Å². The Bertz CT molecular complexity index is 767. The first-order valence-electron chi connectivity index (χ1n) is 8.66. The van der Waals surface area contributed by atoms with Crippen LogP contribution in [0.2, 0.25) is 0 Å². The fraction of sp³-hybridized carbons (Fsp3) is 0.556. The van der Waals surface area contributed by atoms with Crippen LogP contribution in [0.15, 0.2) is 29.2 Å². The zero-order valence-electron chi connectivity index (χ0n) is 15.3. The maximum atomic E-state index is 12.6. The number of nitrogens with one attached hydrogen (secondary N) is 2. The van der Waals surface area contributed by atoms with Crippen LogP contribution < -0.4 is 10.0 Å². The van der Waals surface area contributed by atoms with Crippen molar-refractivity contribution in [2.45, 2.75) is 51.0 Å². The largest absolute Gasteiger partial charge is 0.481 e. The van der Waals surface area contributed by atoms with Crippen molar-refractivity contribution in [2.75, 3.05) is 6.54 Å². The van der Waals surface area contributed by atoms with Crippen molar-refractivity contribution >= 4 is 21.9 Å². The minimum Gasteiger partial charge on any atom is -0.481 e. The van der Waals surface area contributed by atoms with E-state index < -0.39 is 33.4 Å². The molecule has 0 radical (unpaired) electrons. The summed E-state index contributed by atoms with van der Waals surface area (Å²) in [5, 5.41) is 11.8. The number of benzene rings is 1. The van der Waals surface area contributed by atoms with E-state index in [2.05, 4.69) is 10.0 Å². The molecule has 0 aliphatic heterocycles. The van der Waals surface area contributed by atoms with Crippen LogP contribution in [0, 0.1) is 18.3 Å².